The number of hydrogen-bond donors (Lipinski definition) is 1. The third kappa shape index (κ3) is 4.33. The monoisotopic (exact) mass is 325 g/mol. The highest BCUT2D eigenvalue weighted by Gasteiger charge is 2.35. The van der Waals surface area contributed by atoms with Crippen molar-refractivity contribution in [2.75, 3.05) is 13.1 Å². The lowest BCUT2D eigenvalue weighted by Crippen LogP contribution is -2.51. The van der Waals surface area contributed by atoms with Gasteiger partial charge in [-0.25, -0.2) is 0 Å². The zero-order valence-corrected chi connectivity index (χ0v) is 14.2. The number of carbonyl (C=O) groups excluding carboxylic acids is 1. The Kier molecular flexibility index (Phi) is 5.88. The standard InChI is InChI=1S/C15H23N3OS2/c1-12(21-14(20)18-9-5-6-10-18)13(19)17-15(11-16)7-3-2-4-8-15/h12H,2-10H2,1H3,(H,17,19)/t12-/m1/s1. The largest absolute Gasteiger partial charge is 0.358 e. The number of carbonyl (C=O) groups is 1. The Bertz CT molecular complexity index is 435. The smallest absolute Gasteiger partial charge is 0.234 e. The minimum absolute atomic E-state index is 0.0648. The molecule has 0 spiro atoms. The summed E-state index contributed by atoms with van der Waals surface area (Å²) in [4.78, 5) is 14.5. The van der Waals surface area contributed by atoms with E-state index in [0.29, 0.717) is 0 Å². The summed E-state index contributed by atoms with van der Waals surface area (Å²) in [6.07, 6.45) is 7.08. The van der Waals surface area contributed by atoms with Crippen molar-refractivity contribution in [3.63, 3.8) is 0 Å². The van der Waals surface area contributed by atoms with Crippen LogP contribution in [0.15, 0.2) is 0 Å². The zero-order chi connectivity index (χ0) is 15.3. The Labute approximate surface area is 136 Å². The van der Waals surface area contributed by atoms with Crippen molar-refractivity contribution in [2.45, 2.75) is 62.7 Å². The van der Waals surface area contributed by atoms with Crippen molar-refractivity contribution < 1.29 is 4.79 Å². The van der Waals surface area contributed by atoms with Crippen LogP contribution in [-0.4, -0.2) is 39.0 Å². The summed E-state index contributed by atoms with van der Waals surface area (Å²) >= 11 is 6.85. The molecule has 116 valence electrons. The Morgan fingerprint density at radius 3 is 2.48 bits per heavy atom. The number of likely N-dealkylation sites (tertiary alicyclic amines) is 1. The van der Waals surface area contributed by atoms with Crippen molar-refractivity contribution in [2.24, 2.45) is 0 Å². The maximum absolute atomic E-state index is 12.4. The Hall–Kier alpha value is -0.800. The van der Waals surface area contributed by atoms with E-state index in [4.69, 9.17) is 12.2 Å². The van der Waals surface area contributed by atoms with Crippen LogP contribution in [0, 0.1) is 11.3 Å². The molecule has 1 amide bonds. The molecule has 0 bridgehead atoms. The van der Waals surface area contributed by atoms with Gasteiger partial charge in [-0.2, -0.15) is 5.26 Å². The average molecular weight is 326 g/mol. The van der Waals surface area contributed by atoms with Crippen molar-refractivity contribution in [1.29, 1.82) is 5.26 Å². The van der Waals surface area contributed by atoms with E-state index in [2.05, 4.69) is 16.3 Å². The molecule has 1 heterocycles. The SMILES string of the molecule is C[C@@H](SC(=S)N1CCCC1)C(=O)NC1(C#N)CCCCC1. The van der Waals surface area contributed by atoms with E-state index < -0.39 is 5.54 Å². The summed E-state index contributed by atoms with van der Waals surface area (Å²) in [5, 5.41) is 12.2. The fourth-order valence-corrected chi connectivity index (χ4v) is 4.35. The predicted octanol–water partition coefficient (Wildman–Crippen LogP) is 2.83. The molecule has 0 radical (unpaired) electrons. The molecular formula is C15H23N3OS2. The van der Waals surface area contributed by atoms with Crippen molar-refractivity contribution in [3.8, 4) is 6.07 Å². The molecule has 21 heavy (non-hydrogen) atoms. The molecule has 1 N–H and O–H groups in total. The van der Waals surface area contributed by atoms with Gasteiger partial charge in [0, 0.05) is 13.1 Å². The predicted molar refractivity (Wildman–Crippen MR) is 90.0 cm³/mol. The Morgan fingerprint density at radius 1 is 1.29 bits per heavy atom. The van der Waals surface area contributed by atoms with Crippen molar-refractivity contribution in [3.05, 3.63) is 0 Å². The lowest BCUT2D eigenvalue weighted by atomic mass is 9.83. The zero-order valence-electron chi connectivity index (χ0n) is 12.6. The summed E-state index contributed by atoms with van der Waals surface area (Å²) in [7, 11) is 0. The summed E-state index contributed by atoms with van der Waals surface area (Å²) in [6.45, 7) is 3.88. The minimum atomic E-state index is -0.653. The normalized spacial score (nSPS) is 22.4. The van der Waals surface area contributed by atoms with E-state index >= 15 is 0 Å². The second-order valence-corrected chi connectivity index (χ2v) is 7.94. The Balaban J connectivity index is 1.86. The molecule has 2 aliphatic rings. The van der Waals surface area contributed by atoms with Gasteiger partial charge in [-0.05, 0) is 32.6 Å². The Morgan fingerprint density at radius 2 is 1.90 bits per heavy atom. The summed E-state index contributed by atoms with van der Waals surface area (Å²) in [5.74, 6) is -0.0648. The molecule has 1 atom stereocenters. The van der Waals surface area contributed by atoms with Gasteiger partial charge >= 0.3 is 0 Å². The fraction of sp³-hybridized carbons (Fsp3) is 0.800. The number of nitriles is 1. The first kappa shape index (κ1) is 16.6. The molecular weight excluding hydrogens is 302 g/mol. The number of amides is 1. The number of hydrogen-bond acceptors (Lipinski definition) is 4. The molecule has 2 rings (SSSR count). The molecule has 1 aliphatic heterocycles. The van der Waals surface area contributed by atoms with Gasteiger partial charge < -0.3 is 10.2 Å². The number of rotatable bonds is 3. The van der Waals surface area contributed by atoms with Crippen LogP contribution in [0.1, 0.15) is 51.9 Å². The van der Waals surface area contributed by atoms with Gasteiger partial charge in [-0.1, -0.05) is 43.2 Å². The van der Waals surface area contributed by atoms with Gasteiger partial charge in [-0.15, -0.1) is 0 Å². The first-order valence-electron chi connectivity index (χ1n) is 7.75. The molecule has 1 aliphatic carbocycles. The first-order chi connectivity index (χ1) is 10.1. The second-order valence-electron chi connectivity index (χ2n) is 5.96. The van der Waals surface area contributed by atoms with Crippen LogP contribution >= 0.6 is 24.0 Å². The van der Waals surface area contributed by atoms with Crippen LogP contribution in [0.5, 0.6) is 0 Å². The van der Waals surface area contributed by atoms with Crippen LogP contribution in [0.25, 0.3) is 0 Å². The second kappa shape index (κ2) is 7.46. The topological polar surface area (TPSA) is 56.1 Å². The lowest BCUT2D eigenvalue weighted by Gasteiger charge is -2.32. The van der Waals surface area contributed by atoms with Crippen LogP contribution in [0.4, 0.5) is 0 Å². The molecule has 1 saturated heterocycles. The lowest BCUT2D eigenvalue weighted by molar-refractivity contribution is -0.121. The van der Waals surface area contributed by atoms with E-state index in [1.54, 1.807) is 0 Å². The highest BCUT2D eigenvalue weighted by molar-refractivity contribution is 8.23. The van der Waals surface area contributed by atoms with Gasteiger partial charge in [-0.3, -0.25) is 4.79 Å². The van der Waals surface area contributed by atoms with Gasteiger partial charge in [0.1, 0.15) is 9.86 Å². The number of thioether (sulfide) groups is 1. The molecule has 6 heteroatoms. The van der Waals surface area contributed by atoms with Gasteiger partial charge in [0.15, 0.2) is 0 Å². The molecule has 1 saturated carbocycles. The molecule has 0 aromatic rings. The van der Waals surface area contributed by atoms with Crippen molar-refractivity contribution in [1.82, 2.24) is 10.2 Å². The van der Waals surface area contributed by atoms with Gasteiger partial charge in [0.05, 0.1) is 11.3 Å². The van der Waals surface area contributed by atoms with Gasteiger partial charge in [0.25, 0.3) is 0 Å². The quantitative estimate of drug-likeness (QED) is 0.809. The minimum Gasteiger partial charge on any atom is -0.358 e. The average Bonchev–Trinajstić information content (AvgIpc) is 3.02. The van der Waals surface area contributed by atoms with Gasteiger partial charge in [0.2, 0.25) is 5.91 Å². The number of nitrogens with zero attached hydrogens (tertiary/aromatic N) is 2. The van der Waals surface area contributed by atoms with E-state index in [9.17, 15) is 10.1 Å². The molecule has 0 aromatic carbocycles. The van der Waals surface area contributed by atoms with Crippen LogP contribution < -0.4 is 5.32 Å². The third-order valence-electron chi connectivity index (χ3n) is 4.29. The van der Waals surface area contributed by atoms with Crippen molar-refractivity contribution >= 4 is 34.2 Å². The summed E-state index contributed by atoms with van der Waals surface area (Å²) < 4.78 is 0.810. The highest BCUT2D eigenvalue weighted by atomic mass is 32.2. The molecule has 2 fully saturated rings. The van der Waals surface area contributed by atoms with E-state index in [-0.39, 0.29) is 11.2 Å². The van der Waals surface area contributed by atoms with E-state index in [1.165, 1.54) is 24.6 Å². The van der Waals surface area contributed by atoms with Crippen LogP contribution in [0.3, 0.4) is 0 Å². The summed E-state index contributed by atoms with van der Waals surface area (Å²) in [6, 6.07) is 2.33. The molecule has 0 aromatic heterocycles. The fourth-order valence-electron chi connectivity index (χ4n) is 2.94. The number of nitrogens with one attached hydrogen (secondary N) is 1. The summed E-state index contributed by atoms with van der Waals surface area (Å²) in [5.41, 5.74) is -0.653. The third-order valence-corrected chi connectivity index (χ3v) is 5.87. The highest BCUT2D eigenvalue weighted by Crippen LogP contribution is 2.28. The first-order valence-corrected chi connectivity index (χ1v) is 9.04. The molecule has 0 unspecified atom stereocenters. The van der Waals surface area contributed by atoms with Crippen LogP contribution in [0.2, 0.25) is 0 Å². The maximum Gasteiger partial charge on any atom is 0.234 e. The van der Waals surface area contributed by atoms with E-state index in [0.717, 1.165) is 49.5 Å². The molecule has 4 nitrogen and oxygen atoms in total. The number of thiocarbonyl (C=S) groups is 1. The maximum atomic E-state index is 12.4. The van der Waals surface area contributed by atoms with Crippen LogP contribution in [-0.2, 0) is 4.79 Å². The van der Waals surface area contributed by atoms with E-state index in [1.807, 2.05) is 6.92 Å².